The number of pyridine rings is 1. The largest absolute Gasteiger partial charge is 0.344 e. The summed E-state index contributed by atoms with van der Waals surface area (Å²) in [5.74, 6) is 0.375. The summed E-state index contributed by atoms with van der Waals surface area (Å²) in [5.41, 5.74) is 4.62. The topological polar surface area (TPSA) is 71.0 Å². The van der Waals surface area contributed by atoms with E-state index in [2.05, 4.69) is 20.3 Å². The first kappa shape index (κ1) is 18.5. The zero-order valence-corrected chi connectivity index (χ0v) is 15.8. The number of aromatic nitrogens is 3. The van der Waals surface area contributed by atoms with Crippen LogP contribution in [-0.4, -0.2) is 34.5 Å². The minimum atomic E-state index is -0.215. The lowest BCUT2D eigenvalue weighted by molar-refractivity contribution is 0.102. The summed E-state index contributed by atoms with van der Waals surface area (Å²) >= 11 is 0. The smallest absolute Gasteiger partial charge is 0.258 e. The van der Waals surface area contributed by atoms with Crippen molar-refractivity contribution in [3.63, 3.8) is 0 Å². The van der Waals surface area contributed by atoms with Gasteiger partial charge in [-0.25, -0.2) is 9.97 Å². The molecule has 0 bridgehead atoms. The van der Waals surface area contributed by atoms with Crippen LogP contribution in [0.1, 0.15) is 27.0 Å². The highest BCUT2D eigenvalue weighted by molar-refractivity contribution is 6.04. The van der Waals surface area contributed by atoms with Gasteiger partial charge >= 0.3 is 0 Å². The van der Waals surface area contributed by atoms with Gasteiger partial charge in [0.05, 0.1) is 5.56 Å². The maximum Gasteiger partial charge on any atom is 0.258 e. The van der Waals surface area contributed by atoms with Crippen LogP contribution in [0.15, 0.2) is 55.1 Å². The molecule has 6 nitrogen and oxygen atoms in total. The molecule has 0 radical (unpaired) electrons. The Hall–Kier alpha value is -3.28. The van der Waals surface area contributed by atoms with Crippen LogP contribution in [0.4, 0.5) is 11.6 Å². The molecular weight excluding hydrogens is 338 g/mol. The molecule has 0 aliphatic carbocycles. The Kier molecular flexibility index (Phi) is 5.76. The number of amides is 1. The van der Waals surface area contributed by atoms with Crippen molar-refractivity contribution in [2.75, 3.05) is 23.8 Å². The molecule has 3 rings (SSSR count). The summed E-state index contributed by atoms with van der Waals surface area (Å²) in [6.07, 6.45) is 7.57. The van der Waals surface area contributed by atoms with Crippen molar-refractivity contribution in [1.82, 2.24) is 15.0 Å². The number of hydrogen-bond donors (Lipinski definition) is 1. The summed E-state index contributed by atoms with van der Waals surface area (Å²) in [5, 5.41) is 2.91. The predicted molar refractivity (Wildman–Crippen MR) is 107 cm³/mol. The van der Waals surface area contributed by atoms with Crippen molar-refractivity contribution in [2.24, 2.45) is 0 Å². The molecule has 0 saturated heterocycles. The highest BCUT2D eigenvalue weighted by Crippen LogP contribution is 2.17. The minimum absolute atomic E-state index is 0.215. The Morgan fingerprint density at radius 1 is 1.07 bits per heavy atom. The molecule has 1 aromatic carbocycles. The number of rotatable bonds is 6. The fraction of sp³-hybridized carbons (Fsp3) is 0.238. The lowest BCUT2D eigenvalue weighted by Crippen LogP contribution is -2.23. The van der Waals surface area contributed by atoms with E-state index < -0.39 is 0 Å². The molecule has 2 aromatic heterocycles. The van der Waals surface area contributed by atoms with E-state index in [0.717, 1.165) is 29.8 Å². The highest BCUT2D eigenvalue weighted by Gasteiger charge is 2.11. The Labute approximate surface area is 159 Å². The molecule has 138 valence electrons. The predicted octanol–water partition coefficient (Wildman–Crippen LogP) is 3.42. The minimum Gasteiger partial charge on any atom is -0.344 e. The summed E-state index contributed by atoms with van der Waals surface area (Å²) in [6.45, 7) is 4.77. The number of carbonyl (C=O) groups excluding carboxylic acids is 1. The SMILES string of the molecule is Cc1ccc(NC(=O)c2cnc(N(C)CCc3ccncc3)nc2)c(C)c1. The molecule has 0 unspecified atom stereocenters. The van der Waals surface area contributed by atoms with Crippen molar-refractivity contribution >= 4 is 17.5 Å². The van der Waals surface area contributed by atoms with E-state index in [-0.39, 0.29) is 5.91 Å². The van der Waals surface area contributed by atoms with Crippen molar-refractivity contribution in [3.8, 4) is 0 Å². The number of aryl methyl sites for hydroxylation is 2. The molecular formula is C21H23N5O. The van der Waals surface area contributed by atoms with Crippen molar-refractivity contribution in [3.05, 3.63) is 77.4 Å². The van der Waals surface area contributed by atoms with Crippen molar-refractivity contribution in [1.29, 1.82) is 0 Å². The van der Waals surface area contributed by atoms with Crippen LogP contribution in [0.2, 0.25) is 0 Å². The Balaban J connectivity index is 1.61. The zero-order valence-electron chi connectivity index (χ0n) is 15.8. The standard InChI is InChI=1S/C21H23N5O/c1-15-4-5-19(16(2)12-15)25-20(27)18-13-23-21(24-14-18)26(3)11-8-17-6-9-22-10-7-17/h4-7,9-10,12-14H,8,11H2,1-3H3,(H,25,27). The lowest BCUT2D eigenvalue weighted by atomic mass is 10.1. The number of nitrogens with zero attached hydrogens (tertiary/aromatic N) is 4. The van der Waals surface area contributed by atoms with Gasteiger partial charge in [0.1, 0.15) is 0 Å². The van der Waals surface area contributed by atoms with Gasteiger partial charge in [-0.1, -0.05) is 17.7 Å². The van der Waals surface area contributed by atoms with E-state index in [9.17, 15) is 4.79 Å². The maximum absolute atomic E-state index is 12.4. The summed E-state index contributed by atoms with van der Waals surface area (Å²) in [7, 11) is 1.94. The van der Waals surface area contributed by atoms with Gasteiger partial charge < -0.3 is 10.2 Å². The molecule has 0 aliphatic heterocycles. The number of nitrogens with one attached hydrogen (secondary N) is 1. The van der Waals surface area contributed by atoms with Gasteiger partial charge in [0.15, 0.2) is 0 Å². The number of anilines is 2. The maximum atomic E-state index is 12.4. The van der Waals surface area contributed by atoms with Crippen LogP contribution in [0.5, 0.6) is 0 Å². The second kappa shape index (κ2) is 8.40. The van der Waals surface area contributed by atoms with E-state index in [1.54, 1.807) is 24.8 Å². The van der Waals surface area contributed by atoms with Gasteiger partial charge in [-0.15, -0.1) is 0 Å². The number of hydrogen-bond acceptors (Lipinski definition) is 5. The summed E-state index contributed by atoms with van der Waals surface area (Å²) < 4.78 is 0. The molecule has 0 spiro atoms. The van der Waals surface area contributed by atoms with E-state index >= 15 is 0 Å². The van der Waals surface area contributed by atoms with Crippen molar-refractivity contribution in [2.45, 2.75) is 20.3 Å². The number of carbonyl (C=O) groups is 1. The van der Waals surface area contributed by atoms with Crippen LogP contribution in [0, 0.1) is 13.8 Å². The van der Waals surface area contributed by atoms with E-state index in [0.29, 0.717) is 11.5 Å². The number of likely N-dealkylation sites (N-methyl/N-ethyl adjacent to an activating group) is 1. The summed E-state index contributed by atoms with van der Waals surface area (Å²) in [4.78, 5) is 27.1. The second-order valence-corrected chi connectivity index (χ2v) is 6.57. The molecule has 0 aliphatic rings. The monoisotopic (exact) mass is 361 g/mol. The zero-order chi connectivity index (χ0) is 19.2. The quantitative estimate of drug-likeness (QED) is 0.728. The molecule has 0 fully saturated rings. The molecule has 1 N–H and O–H groups in total. The average molecular weight is 361 g/mol. The van der Waals surface area contributed by atoms with Gasteiger partial charge in [0, 0.05) is 44.1 Å². The normalized spacial score (nSPS) is 10.5. The fourth-order valence-electron chi connectivity index (χ4n) is 2.73. The molecule has 0 saturated carbocycles. The first-order valence-corrected chi connectivity index (χ1v) is 8.83. The van der Waals surface area contributed by atoms with E-state index in [1.165, 1.54) is 5.56 Å². The van der Waals surface area contributed by atoms with Crippen molar-refractivity contribution < 1.29 is 4.79 Å². The first-order valence-electron chi connectivity index (χ1n) is 8.83. The fourth-order valence-corrected chi connectivity index (χ4v) is 2.73. The van der Waals surface area contributed by atoms with Gasteiger partial charge in [0.25, 0.3) is 5.91 Å². The molecule has 2 heterocycles. The van der Waals surface area contributed by atoms with E-state index in [1.807, 2.05) is 56.1 Å². The molecule has 1 amide bonds. The average Bonchev–Trinajstić information content (AvgIpc) is 2.69. The first-order chi connectivity index (χ1) is 13.0. The molecule has 6 heteroatoms. The van der Waals surface area contributed by atoms with Gasteiger partial charge in [-0.05, 0) is 49.6 Å². The van der Waals surface area contributed by atoms with Gasteiger partial charge in [-0.2, -0.15) is 0 Å². The summed E-state index contributed by atoms with van der Waals surface area (Å²) in [6, 6.07) is 9.90. The lowest BCUT2D eigenvalue weighted by Gasteiger charge is -2.17. The Bertz CT molecular complexity index is 910. The third-order valence-electron chi connectivity index (χ3n) is 4.36. The highest BCUT2D eigenvalue weighted by atomic mass is 16.1. The molecule has 0 atom stereocenters. The van der Waals surface area contributed by atoms with Crippen LogP contribution >= 0.6 is 0 Å². The third-order valence-corrected chi connectivity index (χ3v) is 4.36. The van der Waals surface area contributed by atoms with E-state index in [4.69, 9.17) is 0 Å². The third kappa shape index (κ3) is 4.88. The Morgan fingerprint density at radius 2 is 1.78 bits per heavy atom. The van der Waals surface area contributed by atoms with Gasteiger partial charge in [-0.3, -0.25) is 9.78 Å². The van der Waals surface area contributed by atoms with Gasteiger partial charge in [0.2, 0.25) is 5.95 Å². The molecule has 3 aromatic rings. The van der Waals surface area contributed by atoms with Crippen LogP contribution in [-0.2, 0) is 6.42 Å². The van der Waals surface area contributed by atoms with Crippen LogP contribution < -0.4 is 10.2 Å². The number of benzene rings is 1. The van der Waals surface area contributed by atoms with Crippen LogP contribution in [0.3, 0.4) is 0 Å². The second-order valence-electron chi connectivity index (χ2n) is 6.57. The van der Waals surface area contributed by atoms with Crippen LogP contribution in [0.25, 0.3) is 0 Å². The molecule has 27 heavy (non-hydrogen) atoms. The Morgan fingerprint density at radius 3 is 2.44 bits per heavy atom.